The van der Waals surface area contributed by atoms with E-state index in [-0.39, 0.29) is 11.7 Å². The van der Waals surface area contributed by atoms with E-state index in [1.54, 1.807) is 24.3 Å². The van der Waals surface area contributed by atoms with Crippen LogP contribution < -0.4 is 0 Å². The van der Waals surface area contributed by atoms with E-state index in [1.807, 2.05) is 36.4 Å². The predicted octanol–water partition coefficient (Wildman–Crippen LogP) is 3.49. The average Bonchev–Trinajstić information content (AvgIpc) is 2.46. The topological polar surface area (TPSA) is 72.4 Å². The molecule has 0 saturated carbocycles. The number of azo groups is 1. The van der Waals surface area contributed by atoms with Crippen molar-refractivity contribution in [3.05, 3.63) is 71.8 Å². The zero-order valence-corrected chi connectivity index (χ0v) is 9.67. The van der Waals surface area contributed by atoms with Gasteiger partial charge < -0.3 is 0 Å². The summed E-state index contributed by atoms with van der Waals surface area (Å²) in [5.41, 5.74) is 1.37. The molecular weight excluding hydrogens is 224 g/mol. The SMILES string of the molecule is N=C(/N=N\C(=N)c1ccccc1)c1ccccc1. The van der Waals surface area contributed by atoms with E-state index in [2.05, 4.69) is 10.2 Å². The predicted molar refractivity (Wildman–Crippen MR) is 71.4 cm³/mol. The first-order chi connectivity index (χ1) is 8.77. The van der Waals surface area contributed by atoms with Crippen molar-refractivity contribution < 1.29 is 0 Å². The lowest BCUT2D eigenvalue weighted by atomic mass is 10.2. The summed E-state index contributed by atoms with van der Waals surface area (Å²) in [6.07, 6.45) is 0. The Labute approximate surface area is 105 Å². The highest BCUT2D eigenvalue weighted by atomic mass is 15.1. The fraction of sp³-hybridized carbons (Fsp3) is 0. The summed E-state index contributed by atoms with van der Waals surface area (Å²) in [6, 6.07) is 18.2. The molecule has 18 heavy (non-hydrogen) atoms. The molecule has 0 heterocycles. The first-order valence-corrected chi connectivity index (χ1v) is 5.47. The van der Waals surface area contributed by atoms with Crippen LogP contribution in [0.3, 0.4) is 0 Å². The van der Waals surface area contributed by atoms with E-state index < -0.39 is 0 Å². The van der Waals surface area contributed by atoms with Gasteiger partial charge in [-0.25, -0.2) is 0 Å². The number of benzene rings is 2. The molecule has 0 saturated heterocycles. The molecule has 0 unspecified atom stereocenters. The third-order valence-corrected chi connectivity index (χ3v) is 2.34. The van der Waals surface area contributed by atoms with E-state index in [4.69, 9.17) is 10.8 Å². The first kappa shape index (κ1) is 11.9. The Morgan fingerprint density at radius 1 is 0.611 bits per heavy atom. The fourth-order valence-electron chi connectivity index (χ4n) is 1.41. The molecule has 4 nitrogen and oxygen atoms in total. The highest BCUT2D eigenvalue weighted by Crippen LogP contribution is 2.04. The van der Waals surface area contributed by atoms with Gasteiger partial charge in [-0.3, -0.25) is 10.8 Å². The third kappa shape index (κ3) is 2.95. The van der Waals surface area contributed by atoms with Crippen molar-refractivity contribution in [2.45, 2.75) is 0 Å². The Morgan fingerprint density at radius 3 is 1.28 bits per heavy atom. The number of amidine groups is 2. The van der Waals surface area contributed by atoms with Crippen molar-refractivity contribution in [3.8, 4) is 0 Å². The lowest BCUT2D eigenvalue weighted by Gasteiger charge is -1.97. The number of nitrogens with zero attached hydrogens (tertiary/aromatic N) is 2. The fourth-order valence-corrected chi connectivity index (χ4v) is 1.41. The molecule has 2 N–H and O–H groups in total. The van der Waals surface area contributed by atoms with Crippen LogP contribution >= 0.6 is 0 Å². The maximum absolute atomic E-state index is 7.73. The van der Waals surface area contributed by atoms with Crippen LogP contribution in [0.25, 0.3) is 0 Å². The monoisotopic (exact) mass is 236 g/mol. The lowest BCUT2D eigenvalue weighted by molar-refractivity contribution is 1.25. The molecule has 0 aliphatic heterocycles. The summed E-state index contributed by atoms with van der Waals surface area (Å²) in [5.74, 6) is 0.104. The van der Waals surface area contributed by atoms with Crippen LogP contribution in [0.5, 0.6) is 0 Å². The minimum atomic E-state index is 0.0521. The largest absolute Gasteiger partial charge is 0.281 e. The molecule has 0 spiro atoms. The smallest absolute Gasteiger partial charge is 0.174 e. The van der Waals surface area contributed by atoms with Crippen LogP contribution in [-0.4, -0.2) is 11.7 Å². The van der Waals surface area contributed by atoms with Gasteiger partial charge in [-0.1, -0.05) is 60.7 Å². The summed E-state index contributed by atoms with van der Waals surface area (Å²) < 4.78 is 0. The normalized spacial score (nSPS) is 10.4. The van der Waals surface area contributed by atoms with Crippen molar-refractivity contribution in [1.29, 1.82) is 10.8 Å². The molecule has 0 aromatic heterocycles. The molecule has 0 aliphatic carbocycles. The molecule has 4 heteroatoms. The molecule has 88 valence electrons. The quantitative estimate of drug-likeness (QED) is 0.455. The van der Waals surface area contributed by atoms with E-state index in [1.165, 1.54) is 0 Å². The molecule has 2 aromatic carbocycles. The molecule has 0 aliphatic rings. The Balaban J connectivity index is 2.08. The lowest BCUT2D eigenvalue weighted by Crippen LogP contribution is -1.97. The second-order valence-corrected chi connectivity index (χ2v) is 3.63. The van der Waals surface area contributed by atoms with Crippen LogP contribution in [0.2, 0.25) is 0 Å². The number of hydrogen-bond donors (Lipinski definition) is 2. The van der Waals surface area contributed by atoms with Gasteiger partial charge in [-0.05, 0) is 0 Å². The zero-order chi connectivity index (χ0) is 12.8. The third-order valence-electron chi connectivity index (χ3n) is 2.34. The number of rotatable bonds is 2. The van der Waals surface area contributed by atoms with Gasteiger partial charge in [0.05, 0.1) is 0 Å². The molecule has 0 amide bonds. The van der Waals surface area contributed by atoms with Crippen molar-refractivity contribution in [2.24, 2.45) is 10.2 Å². The highest BCUT2D eigenvalue weighted by molar-refractivity contribution is 6.00. The summed E-state index contributed by atoms with van der Waals surface area (Å²) in [7, 11) is 0. The molecule has 0 bridgehead atoms. The zero-order valence-electron chi connectivity index (χ0n) is 9.67. The summed E-state index contributed by atoms with van der Waals surface area (Å²) >= 11 is 0. The van der Waals surface area contributed by atoms with Gasteiger partial charge in [0.2, 0.25) is 0 Å². The standard InChI is InChI=1S/C14H12N4/c15-13(11-7-3-1-4-8-11)17-18-14(16)12-9-5-2-6-10-12/h1-10,15-16H/b15-13?,16-14?,18-17-. The van der Waals surface area contributed by atoms with Crippen molar-refractivity contribution in [2.75, 3.05) is 0 Å². The van der Waals surface area contributed by atoms with Crippen LogP contribution in [-0.2, 0) is 0 Å². The van der Waals surface area contributed by atoms with Gasteiger partial charge in [0.1, 0.15) is 0 Å². The highest BCUT2D eigenvalue weighted by Gasteiger charge is 2.00. The molecule has 2 rings (SSSR count). The average molecular weight is 236 g/mol. The Morgan fingerprint density at radius 2 is 0.944 bits per heavy atom. The molecule has 2 aromatic rings. The molecule has 0 fully saturated rings. The van der Waals surface area contributed by atoms with E-state index >= 15 is 0 Å². The Kier molecular flexibility index (Phi) is 3.71. The van der Waals surface area contributed by atoms with Crippen molar-refractivity contribution in [1.82, 2.24) is 0 Å². The van der Waals surface area contributed by atoms with Gasteiger partial charge >= 0.3 is 0 Å². The van der Waals surface area contributed by atoms with E-state index in [0.717, 1.165) is 0 Å². The van der Waals surface area contributed by atoms with Crippen molar-refractivity contribution in [3.63, 3.8) is 0 Å². The minimum Gasteiger partial charge on any atom is -0.281 e. The maximum atomic E-state index is 7.73. The van der Waals surface area contributed by atoms with Crippen LogP contribution in [0.1, 0.15) is 11.1 Å². The minimum absolute atomic E-state index is 0.0521. The van der Waals surface area contributed by atoms with Gasteiger partial charge in [0.25, 0.3) is 0 Å². The Hall–Kier alpha value is -2.62. The second kappa shape index (κ2) is 5.63. The number of hydrogen-bond acceptors (Lipinski definition) is 2. The first-order valence-electron chi connectivity index (χ1n) is 5.47. The van der Waals surface area contributed by atoms with Crippen LogP contribution in [0.4, 0.5) is 0 Å². The van der Waals surface area contributed by atoms with Gasteiger partial charge in [-0.15, -0.1) is 10.2 Å². The summed E-state index contributed by atoms with van der Waals surface area (Å²) in [4.78, 5) is 0. The van der Waals surface area contributed by atoms with E-state index in [0.29, 0.717) is 11.1 Å². The number of nitrogens with one attached hydrogen (secondary N) is 2. The molecule has 0 radical (unpaired) electrons. The summed E-state index contributed by atoms with van der Waals surface area (Å²) in [5, 5.41) is 23.0. The van der Waals surface area contributed by atoms with Crippen molar-refractivity contribution >= 4 is 11.7 Å². The van der Waals surface area contributed by atoms with Gasteiger partial charge in [0.15, 0.2) is 11.7 Å². The van der Waals surface area contributed by atoms with Gasteiger partial charge in [0, 0.05) is 11.1 Å². The van der Waals surface area contributed by atoms with Gasteiger partial charge in [-0.2, -0.15) is 0 Å². The van der Waals surface area contributed by atoms with E-state index in [9.17, 15) is 0 Å². The maximum Gasteiger partial charge on any atom is 0.174 e. The summed E-state index contributed by atoms with van der Waals surface area (Å²) in [6.45, 7) is 0. The molecule has 0 atom stereocenters. The Bertz CT molecular complexity index is 520. The molecular formula is C14H12N4. The van der Waals surface area contributed by atoms with Crippen LogP contribution in [0, 0.1) is 10.8 Å². The van der Waals surface area contributed by atoms with Crippen LogP contribution in [0.15, 0.2) is 70.9 Å². The second-order valence-electron chi connectivity index (χ2n) is 3.63.